The zero-order chi connectivity index (χ0) is 15.5. The van der Waals surface area contributed by atoms with E-state index >= 15 is 0 Å². The Balaban J connectivity index is 2.14. The van der Waals surface area contributed by atoms with Gasteiger partial charge >= 0.3 is 5.97 Å². The highest BCUT2D eigenvalue weighted by Crippen LogP contribution is 2.23. The van der Waals surface area contributed by atoms with Crippen LogP contribution < -0.4 is 5.32 Å². The van der Waals surface area contributed by atoms with Crippen molar-refractivity contribution in [1.29, 1.82) is 0 Å². The molecule has 0 aliphatic heterocycles. The number of nitrogens with one attached hydrogen (secondary N) is 1. The van der Waals surface area contributed by atoms with Crippen molar-refractivity contribution < 1.29 is 14.7 Å². The van der Waals surface area contributed by atoms with Crippen LogP contribution in [-0.4, -0.2) is 23.5 Å². The Labute approximate surface area is 127 Å². The van der Waals surface area contributed by atoms with Gasteiger partial charge in [-0.05, 0) is 31.5 Å². The third-order valence-electron chi connectivity index (χ3n) is 3.45. The fraction of sp³-hybridized carbons (Fsp3) is 0.250. The van der Waals surface area contributed by atoms with Crippen molar-refractivity contribution in [3.8, 4) is 0 Å². The van der Waals surface area contributed by atoms with Crippen LogP contribution in [0.4, 0.5) is 0 Å². The molecule has 0 saturated carbocycles. The van der Waals surface area contributed by atoms with Crippen molar-refractivity contribution in [2.45, 2.75) is 19.3 Å². The molecule has 1 aromatic carbocycles. The Hall–Kier alpha value is -2.14. The van der Waals surface area contributed by atoms with Gasteiger partial charge in [-0.3, -0.25) is 9.59 Å². The van der Waals surface area contributed by atoms with Crippen molar-refractivity contribution in [3.05, 3.63) is 57.8 Å². The molecule has 0 fully saturated rings. The first kappa shape index (κ1) is 15.3. The number of benzene rings is 1. The number of carboxylic acid groups (broad SMARTS) is 1. The molecule has 21 heavy (non-hydrogen) atoms. The molecule has 0 spiro atoms. The van der Waals surface area contributed by atoms with Crippen LogP contribution in [0, 0.1) is 6.92 Å². The lowest BCUT2D eigenvalue weighted by Crippen LogP contribution is -2.44. The average Bonchev–Trinajstić information content (AvgIpc) is 2.91. The SMILES string of the molecule is Cc1ccc(C(=O)NCC(C)(C(=O)O)c2ccccc2)s1. The first-order valence-corrected chi connectivity index (χ1v) is 7.39. The van der Waals surface area contributed by atoms with Crippen LogP contribution in [0.2, 0.25) is 0 Å². The Morgan fingerprint density at radius 2 is 1.86 bits per heavy atom. The summed E-state index contributed by atoms with van der Waals surface area (Å²) in [6.45, 7) is 3.58. The van der Waals surface area contributed by atoms with Crippen LogP contribution in [-0.2, 0) is 10.2 Å². The largest absolute Gasteiger partial charge is 0.481 e. The summed E-state index contributed by atoms with van der Waals surface area (Å²) in [7, 11) is 0. The van der Waals surface area contributed by atoms with Gasteiger partial charge in [0, 0.05) is 11.4 Å². The molecule has 0 saturated heterocycles. The minimum Gasteiger partial charge on any atom is -0.481 e. The van der Waals surface area contributed by atoms with E-state index in [0.29, 0.717) is 10.4 Å². The monoisotopic (exact) mass is 303 g/mol. The molecule has 110 valence electrons. The van der Waals surface area contributed by atoms with Crippen LogP contribution >= 0.6 is 11.3 Å². The van der Waals surface area contributed by atoms with Crippen molar-refractivity contribution in [1.82, 2.24) is 5.32 Å². The van der Waals surface area contributed by atoms with Crippen molar-refractivity contribution in [2.24, 2.45) is 0 Å². The smallest absolute Gasteiger partial charge is 0.315 e. The topological polar surface area (TPSA) is 66.4 Å². The van der Waals surface area contributed by atoms with E-state index in [-0.39, 0.29) is 12.5 Å². The molecular weight excluding hydrogens is 286 g/mol. The van der Waals surface area contributed by atoms with Gasteiger partial charge in [-0.2, -0.15) is 0 Å². The Kier molecular flexibility index (Phi) is 4.43. The maximum absolute atomic E-state index is 12.1. The minimum absolute atomic E-state index is 0.0438. The first-order valence-electron chi connectivity index (χ1n) is 6.57. The van der Waals surface area contributed by atoms with Gasteiger partial charge in [-0.1, -0.05) is 30.3 Å². The van der Waals surface area contributed by atoms with E-state index < -0.39 is 11.4 Å². The lowest BCUT2D eigenvalue weighted by atomic mass is 9.82. The molecular formula is C16H17NO3S. The Bertz CT molecular complexity index is 651. The second-order valence-electron chi connectivity index (χ2n) is 5.10. The third-order valence-corrected chi connectivity index (χ3v) is 4.45. The number of carbonyl (C=O) groups excluding carboxylic acids is 1. The van der Waals surface area contributed by atoms with E-state index in [1.165, 1.54) is 11.3 Å². The van der Waals surface area contributed by atoms with E-state index in [1.54, 1.807) is 37.3 Å². The molecule has 1 aromatic heterocycles. The molecule has 2 rings (SSSR count). The molecule has 1 amide bonds. The molecule has 5 heteroatoms. The van der Waals surface area contributed by atoms with Gasteiger partial charge in [0.05, 0.1) is 4.88 Å². The highest BCUT2D eigenvalue weighted by molar-refractivity contribution is 7.13. The Morgan fingerprint density at radius 1 is 1.19 bits per heavy atom. The summed E-state index contributed by atoms with van der Waals surface area (Å²) < 4.78 is 0. The third kappa shape index (κ3) is 3.31. The van der Waals surface area contributed by atoms with E-state index in [4.69, 9.17) is 0 Å². The predicted octanol–water partition coefficient (Wildman–Crippen LogP) is 2.83. The summed E-state index contributed by atoms with van der Waals surface area (Å²) in [5.74, 6) is -1.20. The maximum atomic E-state index is 12.1. The first-order chi connectivity index (χ1) is 9.93. The maximum Gasteiger partial charge on any atom is 0.315 e. The molecule has 0 radical (unpaired) electrons. The molecule has 1 atom stereocenters. The number of carboxylic acids is 1. The highest BCUT2D eigenvalue weighted by Gasteiger charge is 2.35. The number of aliphatic carboxylic acids is 1. The average molecular weight is 303 g/mol. The van der Waals surface area contributed by atoms with E-state index in [9.17, 15) is 14.7 Å². The van der Waals surface area contributed by atoms with Crippen LogP contribution in [0.25, 0.3) is 0 Å². The summed E-state index contributed by atoms with van der Waals surface area (Å²) in [6, 6.07) is 12.6. The molecule has 1 unspecified atom stereocenters. The fourth-order valence-corrected chi connectivity index (χ4v) is 2.79. The van der Waals surface area contributed by atoms with Gasteiger partial charge in [0.25, 0.3) is 5.91 Å². The predicted molar refractivity (Wildman–Crippen MR) is 82.8 cm³/mol. The summed E-state index contributed by atoms with van der Waals surface area (Å²) in [6.07, 6.45) is 0. The van der Waals surface area contributed by atoms with Gasteiger partial charge in [0.1, 0.15) is 5.41 Å². The number of thiophene rings is 1. The zero-order valence-corrected chi connectivity index (χ0v) is 12.7. The summed E-state index contributed by atoms with van der Waals surface area (Å²) in [4.78, 5) is 25.3. The van der Waals surface area contributed by atoms with E-state index in [0.717, 1.165) is 4.88 Å². The van der Waals surface area contributed by atoms with Crippen molar-refractivity contribution in [3.63, 3.8) is 0 Å². The number of hydrogen-bond donors (Lipinski definition) is 2. The molecule has 1 heterocycles. The number of amides is 1. The van der Waals surface area contributed by atoms with E-state index in [1.807, 2.05) is 19.1 Å². The standard InChI is InChI=1S/C16H17NO3S/c1-11-8-9-13(21-11)14(18)17-10-16(2,15(19)20)12-6-4-3-5-7-12/h3-9H,10H2,1-2H3,(H,17,18)(H,19,20). The minimum atomic E-state index is -1.15. The summed E-state index contributed by atoms with van der Waals surface area (Å²) >= 11 is 1.39. The van der Waals surface area contributed by atoms with Crippen molar-refractivity contribution in [2.75, 3.05) is 6.54 Å². The normalized spacial score (nSPS) is 13.4. The lowest BCUT2D eigenvalue weighted by Gasteiger charge is -2.25. The number of carbonyl (C=O) groups is 2. The van der Waals surface area contributed by atoms with Crippen LogP contribution in [0.3, 0.4) is 0 Å². The molecule has 2 aromatic rings. The quantitative estimate of drug-likeness (QED) is 0.892. The second kappa shape index (κ2) is 6.10. The number of rotatable bonds is 5. The van der Waals surface area contributed by atoms with Crippen LogP contribution in [0.5, 0.6) is 0 Å². The molecule has 2 N–H and O–H groups in total. The number of hydrogen-bond acceptors (Lipinski definition) is 3. The molecule has 4 nitrogen and oxygen atoms in total. The van der Waals surface area contributed by atoms with Gasteiger partial charge in [-0.15, -0.1) is 11.3 Å². The second-order valence-corrected chi connectivity index (χ2v) is 6.38. The van der Waals surface area contributed by atoms with Gasteiger partial charge in [-0.25, -0.2) is 0 Å². The van der Waals surface area contributed by atoms with Gasteiger partial charge in [0.15, 0.2) is 0 Å². The van der Waals surface area contributed by atoms with E-state index in [2.05, 4.69) is 5.32 Å². The Morgan fingerprint density at radius 3 is 2.38 bits per heavy atom. The lowest BCUT2D eigenvalue weighted by molar-refractivity contribution is -0.142. The summed E-state index contributed by atoms with van der Waals surface area (Å²) in [5.41, 5.74) is -0.483. The van der Waals surface area contributed by atoms with Gasteiger partial charge < -0.3 is 10.4 Å². The summed E-state index contributed by atoms with van der Waals surface area (Å²) in [5, 5.41) is 12.2. The zero-order valence-electron chi connectivity index (χ0n) is 11.9. The molecule has 0 bridgehead atoms. The van der Waals surface area contributed by atoms with Crippen LogP contribution in [0.1, 0.15) is 27.0 Å². The van der Waals surface area contributed by atoms with Crippen molar-refractivity contribution >= 4 is 23.2 Å². The van der Waals surface area contributed by atoms with Gasteiger partial charge in [0.2, 0.25) is 0 Å². The molecule has 0 aliphatic carbocycles. The van der Waals surface area contributed by atoms with Crippen LogP contribution in [0.15, 0.2) is 42.5 Å². The number of aryl methyl sites for hydroxylation is 1. The molecule has 0 aliphatic rings. The highest BCUT2D eigenvalue weighted by atomic mass is 32.1. The fourth-order valence-electron chi connectivity index (χ4n) is 2.01.